The summed E-state index contributed by atoms with van der Waals surface area (Å²) >= 11 is 0. The van der Waals surface area contributed by atoms with Crippen LogP contribution in [0.5, 0.6) is 0 Å². The zero-order chi connectivity index (χ0) is 18.2. The summed E-state index contributed by atoms with van der Waals surface area (Å²) in [4.78, 5) is 7.71. The smallest absolute Gasteiger partial charge is 0.379 e. The first-order chi connectivity index (χ1) is 11.1. The van der Waals surface area contributed by atoms with E-state index in [2.05, 4.69) is 34.4 Å². The number of halogens is 4. The van der Waals surface area contributed by atoms with Crippen molar-refractivity contribution in [1.82, 2.24) is 20.4 Å². The van der Waals surface area contributed by atoms with Crippen molar-refractivity contribution in [2.45, 2.75) is 25.6 Å². The molecule has 0 spiro atoms. The molecule has 1 rings (SSSR count). The van der Waals surface area contributed by atoms with Gasteiger partial charge in [-0.3, -0.25) is 14.8 Å². The third-order valence-corrected chi connectivity index (χ3v) is 4.01. The minimum Gasteiger partial charge on any atom is -0.379 e. The van der Waals surface area contributed by atoms with Gasteiger partial charge in [-0.15, -0.1) is 24.0 Å². The average molecular weight is 481 g/mol. The summed E-state index contributed by atoms with van der Waals surface area (Å²) in [6.45, 7) is 8.01. The number of hydrogen-bond acceptors (Lipinski definition) is 4. The second-order valence-electron chi connectivity index (χ2n) is 6.62. The lowest BCUT2D eigenvalue weighted by atomic mass is 10.0. The molecular formula is C15H31F3IN5O. The molecule has 0 amide bonds. The van der Waals surface area contributed by atoms with E-state index in [1.807, 2.05) is 0 Å². The summed E-state index contributed by atoms with van der Waals surface area (Å²) in [5.41, 5.74) is -0.0610. The minimum absolute atomic E-state index is 0. The van der Waals surface area contributed by atoms with Gasteiger partial charge in [-0.1, -0.05) is 0 Å². The monoisotopic (exact) mass is 481 g/mol. The van der Waals surface area contributed by atoms with Crippen LogP contribution in [0.15, 0.2) is 4.99 Å². The Kier molecular flexibility index (Phi) is 11.2. The van der Waals surface area contributed by atoms with Gasteiger partial charge in [0.15, 0.2) is 5.96 Å². The van der Waals surface area contributed by atoms with Gasteiger partial charge in [0.2, 0.25) is 0 Å². The van der Waals surface area contributed by atoms with Gasteiger partial charge in [-0.25, -0.2) is 0 Å². The third-order valence-electron chi connectivity index (χ3n) is 4.01. The van der Waals surface area contributed by atoms with Crippen LogP contribution in [0.1, 0.15) is 13.8 Å². The van der Waals surface area contributed by atoms with Crippen molar-refractivity contribution in [3.05, 3.63) is 0 Å². The number of rotatable bonds is 7. The molecule has 0 aromatic rings. The first-order valence-corrected chi connectivity index (χ1v) is 8.17. The number of alkyl halides is 3. The van der Waals surface area contributed by atoms with Crippen LogP contribution in [0.2, 0.25) is 0 Å². The molecule has 0 aromatic carbocycles. The number of hydrogen-bond donors (Lipinski definition) is 2. The highest BCUT2D eigenvalue weighted by atomic mass is 127. The highest BCUT2D eigenvalue weighted by Crippen LogP contribution is 2.15. The highest BCUT2D eigenvalue weighted by Gasteiger charge is 2.29. The number of aliphatic imine (C=N–C) groups is 1. The largest absolute Gasteiger partial charge is 0.401 e. The van der Waals surface area contributed by atoms with Gasteiger partial charge >= 0.3 is 6.18 Å². The number of likely N-dealkylation sites (N-methyl/N-ethyl adjacent to an activating group) is 1. The molecule has 150 valence electrons. The van der Waals surface area contributed by atoms with Crippen LogP contribution in [0, 0.1) is 0 Å². The maximum Gasteiger partial charge on any atom is 0.401 e. The summed E-state index contributed by atoms with van der Waals surface area (Å²) in [5, 5.41) is 6.29. The molecule has 0 saturated carbocycles. The van der Waals surface area contributed by atoms with Crippen molar-refractivity contribution in [3.8, 4) is 0 Å². The minimum atomic E-state index is -4.17. The zero-order valence-corrected chi connectivity index (χ0v) is 17.8. The van der Waals surface area contributed by atoms with Crippen LogP contribution in [-0.2, 0) is 4.74 Å². The topological polar surface area (TPSA) is 52.1 Å². The van der Waals surface area contributed by atoms with Crippen LogP contribution in [0.25, 0.3) is 0 Å². The quantitative estimate of drug-likeness (QED) is 0.327. The fourth-order valence-electron chi connectivity index (χ4n) is 2.55. The fourth-order valence-corrected chi connectivity index (χ4v) is 2.55. The Hall–Kier alpha value is -0.330. The van der Waals surface area contributed by atoms with Crippen LogP contribution in [0.4, 0.5) is 13.2 Å². The van der Waals surface area contributed by atoms with Gasteiger partial charge < -0.3 is 15.4 Å². The first-order valence-electron chi connectivity index (χ1n) is 8.17. The molecule has 2 N–H and O–H groups in total. The van der Waals surface area contributed by atoms with Crippen LogP contribution in [-0.4, -0.2) is 94.1 Å². The standard InChI is InChI=1S/C15H30F3N5O.HI/c1-14(2,23-7-9-24-10-8-23)11-21-13(19-3)20-5-6-22(4)12-15(16,17)18;/h5-12H2,1-4H3,(H2,19,20,21);1H. The Bertz CT molecular complexity index is 401. The molecule has 1 heterocycles. The van der Waals surface area contributed by atoms with E-state index in [0.29, 0.717) is 19.0 Å². The zero-order valence-electron chi connectivity index (χ0n) is 15.4. The van der Waals surface area contributed by atoms with E-state index in [1.165, 1.54) is 11.9 Å². The van der Waals surface area contributed by atoms with Crippen molar-refractivity contribution < 1.29 is 17.9 Å². The predicted octanol–water partition coefficient (Wildman–Crippen LogP) is 1.37. The Labute approximate surface area is 165 Å². The van der Waals surface area contributed by atoms with Crippen molar-refractivity contribution >= 4 is 29.9 Å². The molecule has 0 bridgehead atoms. The average Bonchev–Trinajstić information content (AvgIpc) is 2.49. The lowest BCUT2D eigenvalue weighted by molar-refractivity contribution is -0.142. The van der Waals surface area contributed by atoms with E-state index >= 15 is 0 Å². The van der Waals surface area contributed by atoms with Gasteiger partial charge in [0.1, 0.15) is 0 Å². The molecule has 1 aliphatic rings. The molecule has 1 aliphatic heterocycles. The molecule has 0 aliphatic carbocycles. The van der Waals surface area contributed by atoms with Gasteiger partial charge in [0, 0.05) is 45.3 Å². The van der Waals surface area contributed by atoms with E-state index in [9.17, 15) is 13.2 Å². The summed E-state index contributed by atoms with van der Waals surface area (Å²) < 4.78 is 42.2. The summed E-state index contributed by atoms with van der Waals surface area (Å²) in [5.74, 6) is 0.594. The number of guanidine groups is 1. The Morgan fingerprint density at radius 1 is 1.20 bits per heavy atom. The van der Waals surface area contributed by atoms with Crippen LogP contribution in [0.3, 0.4) is 0 Å². The molecule has 0 atom stereocenters. The Morgan fingerprint density at radius 3 is 2.32 bits per heavy atom. The van der Waals surface area contributed by atoms with Crippen molar-refractivity contribution in [2.24, 2.45) is 4.99 Å². The molecular weight excluding hydrogens is 450 g/mol. The van der Waals surface area contributed by atoms with E-state index in [1.54, 1.807) is 7.05 Å². The predicted molar refractivity (Wildman–Crippen MR) is 105 cm³/mol. The number of nitrogens with zero attached hydrogens (tertiary/aromatic N) is 3. The van der Waals surface area contributed by atoms with Crippen LogP contribution >= 0.6 is 24.0 Å². The second-order valence-corrected chi connectivity index (χ2v) is 6.62. The van der Waals surface area contributed by atoms with E-state index < -0.39 is 12.7 Å². The molecule has 1 saturated heterocycles. The number of morpholine rings is 1. The van der Waals surface area contributed by atoms with Crippen molar-refractivity contribution in [3.63, 3.8) is 0 Å². The Morgan fingerprint density at radius 2 is 1.80 bits per heavy atom. The van der Waals surface area contributed by atoms with Gasteiger partial charge in [0.05, 0.1) is 19.8 Å². The Balaban J connectivity index is 0.00000576. The van der Waals surface area contributed by atoms with E-state index in [4.69, 9.17) is 4.74 Å². The van der Waals surface area contributed by atoms with Gasteiger partial charge in [0.25, 0.3) is 0 Å². The molecule has 6 nitrogen and oxygen atoms in total. The summed E-state index contributed by atoms with van der Waals surface area (Å²) in [7, 11) is 3.10. The van der Waals surface area contributed by atoms with Crippen molar-refractivity contribution in [2.75, 3.05) is 66.6 Å². The number of ether oxygens (including phenoxy) is 1. The lowest BCUT2D eigenvalue weighted by Gasteiger charge is -2.41. The highest BCUT2D eigenvalue weighted by molar-refractivity contribution is 14.0. The van der Waals surface area contributed by atoms with E-state index in [0.717, 1.165) is 26.3 Å². The maximum atomic E-state index is 12.3. The first kappa shape index (κ1) is 24.7. The van der Waals surface area contributed by atoms with Gasteiger partial charge in [-0.2, -0.15) is 13.2 Å². The molecule has 0 aromatic heterocycles. The molecule has 0 unspecified atom stereocenters. The second kappa shape index (κ2) is 11.4. The number of nitrogens with one attached hydrogen (secondary N) is 2. The molecule has 10 heteroatoms. The van der Waals surface area contributed by atoms with Crippen molar-refractivity contribution in [1.29, 1.82) is 0 Å². The maximum absolute atomic E-state index is 12.3. The van der Waals surface area contributed by atoms with Gasteiger partial charge in [-0.05, 0) is 20.9 Å². The van der Waals surface area contributed by atoms with E-state index in [-0.39, 0.29) is 36.1 Å². The molecule has 1 fully saturated rings. The normalized spacial score (nSPS) is 17.4. The molecule has 25 heavy (non-hydrogen) atoms. The van der Waals surface area contributed by atoms with Crippen LogP contribution < -0.4 is 10.6 Å². The fraction of sp³-hybridized carbons (Fsp3) is 0.933. The SMILES string of the molecule is CN=C(NCCN(C)CC(F)(F)F)NCC(C)(C)N1CCOCC1.I. The summed E-state index contributed by atoms with van der Waals surface area (Å²) in [6, 6.07) is 0. The lowest BCUT2D eigenvalue weighted by Crippen LogP contribution is -2.56. The summed E-state index contributed by atoms with van der Waals surface area (Å²) in [6.07, 6.45) is -4.17. The third kappa shape index (κ3) is 10.4. The molecule has 0 radical (unpaired) electrons.